The molecular weight excluding hydrogens is 602 g/mol. The number of halogens is 6. The molecule has 0 spiro atoms. The highest BCUT2D eigenvalue weighted by Crippen LogP contribution is 2.37. The lowest BCUT2D eigenvalue weighted by molar-refractivity contribution is -0.143. The Labute approximate surface area is 255 Å². The number of aromatic amines is 1. The zero-order valence-corrected chi connectivity index (χ0v) is 24.6. The van der Waals surface area contributed by atoms with Crippen LogP contribution in [0.4, 0.5) is 36.8 Å². The van der Waals surface area contributed by atoms with Crippen LogP contribution in [-0.4, -0.2) is 60.1 Å². The van der Waals surface area contributed by atoms with E-state index in [9.17, 15) is 35.9 Å². The van der Waals surface area contributed by atoms with Crippen LogP contribution in [0.25, 0.3) is 10.9 Å². The molecule has 1 heterocycles. The summed E-state index contributed by atoms with van der Waals surface area (Å²) in [7, 11) is 1.35. The standard InChI is InChI=1S/C32H32F6N4O3/c1-21-7-9-22(10-8-21)19-41(12-11-23-18-39-28-6-4-3-5-27(23)28)29(43)20-42(13-14-45-2)30(44)40-26-16-24(31(33,34)35)15-25(17-26)32(36,37)38/h3-10,15-18,39H,11-14,19-20H2,1-2H3,(H,40,44). The van der Waals surface area contributed by atoms with E-state index in [1.807, 2.05) is 61.7 Å². The summed E-state index contributed by atoms with van der Waals surface area (Å²) in [5.41, 5.74) is -0.0818. The highest BCUT2D eigenvalue weighted by atomic mass is 19.4. The first-order valence-electron chi connectivity index (χ1n) is 14.0. The summed E-state index contributed by atoms with van der Waals surface area (Å²) in [5, 5.41) is 3.11. The van der Waals surface area contributed by atoms with Crippen LogP contribution in [0.2, 0.25) is 0 Å². The average molecular weight is 635 g/mol. The number of hydrogen-bond acceptors (Lipinski definition) is 3. The van der Waals surface area contributed by atoms with Gasteiger partial charge < -0.3 is 24.8 Å². The van der Waals surface area contributed by atoms with Crippen molar-refractivity contribution in [2.24, 2.45) is 0 Å². The van der Waals surface area contributed by atoms with Gasteiger partial charge in [0.25, 0.3) is 0 Å². The summed E-state index contributed by atoms with van der Waals surface area (Å²) in [4.78, 5) is 32.7. The van der Waals surface area contributed by atoms with Crippen LogP contribution < -0.4 is 5.32 Å². The van der Waals surface area contributed by atoms with Gasteiger partial charge in [0.1, 0.15) is 6.54 Å². The summed E-state index contributed by atoms with van der Waals surface area (Å²) < 4.78 is 85.2. The number of aryl methyl sites for hydroxylation is 1. The number of H-pyrrole nitrogens is 1. The van der Waals surface area contributed by atoms with Crippen LogP contribution in [0.1, 0.15) is 27.8 Å². The van der Waals surface area contributed by atoms with Gasteiger partial charge in [-0.05, 0) is 48.7 Å². The molecule has 0 saturated heterocycles. The van der Waals surface area contributed by atoms with Gasteiger partial charge in [0.05, 0.1) is 17.7 Å². The van der Waals surface area contributed by atoms with Gasteiger partial charge >= 0.3 is 18.4 Å². The number of carbonyl (C=O) groups excluding carboxylic acids is 2. The molecule has 7 nitrogen and oxygen atoms in total. The first-order chi connectivity index (χ1) is 21.2. The number of benzene rings is 3. The molecule has 0 bridgehead atoms. The van der Waals surface area contributed by atoms with Crippen LogP contribution in [0.5, 0.6) is 0 Å². The number of methoxy groups -OCH3 is 1. The Balaban J connectivity index is 1.56. The van der Waals surface area contributed by atoms with Crippen LogP contribution in [-0.2, 0) is 34.8 Å². The predicted molar refractivity (Wildman–Crippen MR) is 158 cm³/mol. The SMILES string of the molecule is COCCN(CC(=O)N(CCc1c[nH]c2ccccc12)Cc1ccc(C)cc1)C(=O)Nc1cc(C(F)(F)F)cc(C(F)(F)F)c1. The molecule has 0 unspecified atom stereocenters. The molecule has 0 aliphatic heterocycles. The van der Waals surface area contributed by atoms with Crippen molar-refractivity contribution in [2.45, 2.75) is 32.2 Å². The lowest BCUT2D eigenvalue weighted by Gasteiger charge is -2.28. The number of carbonyl (C=O) groups is 2. The average Bonchev–Trinajstić information content (AvgIpc) is 3.40. The third-order valence-electron chi connectivity index (χ3n) is 7.19. The first-order valence-corrected chi connectivity index (χ1v) is 14.0. The minimum Gasteiger partial charge on any atom is -0.383 e. The van der Waals surface area contributed by atoms with Crippen molar-refractivity contribution in [3.8, 4) is 0 Å². The number of amides is 3. The Morgan fingerprint density at radius 3 is 2.13 bits per heavy atom. The Morgan fingerprint density at radius 2 is 1.51 bits per heavy atom. The number of nitrogens with one attached hydrogen (secondary N) is 2. The molecule has 0 aliphatic carbocycles. The Hall–Kier alpha value is -4.52. The first kappa shape index (κ1) is 33.4. The number of hydrogen-bond donors (Lipinski definition) is 2. The maximum absolute atomic E-state index is 13.7. The quantitative estimate of drug-likeness (QED) is 0.171. The zero-order chi connectivity index (χ0) is 32.8. The van der Waals surface area contributed by atoms with Crippen LogP contribution in [0.3, 0.4) is 0 Å². The number of urea groups is 1. The molecule has 3 amide bonds. The maximum Gasteiger partial charge on any atom is 0.416 e. The molecule has 13 heteroatoms. The van der Waals surface area contributed by atoms with E-state index in [0.29, 0.717) is 18.6 Å². The van der Waals surface area contributed by atoms with Crippen molar-refractivity contribution in [3.63, 3.8) is 0 Å². The summed E-state index contributed by atoms with van der Waals surface area (Å²) in [5.74, 6) is -0.471. The van der Waals surface area contributed by atoms with Gasteiger partial charge in [-0.1, -0.05) is 48.0 Å². The van der Waals surface area contributed by atoms with Crippen molar-refractivity contribution in [2.75, 3.05) is 38.7 Å². The number of para-hydroxylation sites is 1. The van der Waals surface area contributed by atoms with Crippen molar-refractivity contribution < 1.29 is 40.7 Å². The van der Waals surface area contributed by atoms with Gasteiger partial charge in [0, 0.05) is 49.5 Å². The number of fused-ring (bicyclic) bond motifs is 1. The second-order valence-corrected chi connectivity index (χ2v) is 10.5. The minimum absolute atomic E-state index is 0.0292. The van der Waals surface area contributed by atoms with Gasteiger partial charge in [0.15, 0.2) is 0 Å². The number of aromatic nitrogens is 1. The molecule has 0 atom stereocenters. The lowest BCUT2D eigenvalue weighted by Crippen LogP contribution is -2.46. The van der Waals surface area contributed by atoms with Crippen LogP contribution in [0.15, 0.2) is 72.9 Å². The molecule has 0 aliphatic rings. The van der Waals surface area contributed by atoms with E-state index in [1.165, 1.54) is 7.11 Å². The van der Waals surface area contributed by atoms with E-state index in [-0.39, 0.29) is 32.3 Å². The summed E-state index contributed by atoms with van der Waals surface area (Å²) >= 11 is 0. The molecule has 0 radical (unpaired) electrons. The van der Waals surface area contributed by atoms with E-state index in [2.05, 4.69) is 10.3 Å². The number of ether oxygens (including phenoxy) is 1. The van der Waals surface area contributed by atoms with Crippen molar-refractivity contribution in [3.05, 3.63) is 101 Å². The van der Waals surface area contributed by atoms with E-state index >= 15 is 0 Å². The normalized spacial score (nSPS) is 11.9. The number of alkyl halides is 6. The predicted octanol–water partition coefficient (Wildman–Crippen LogP) is 7.27. The number of anilines is 1. The Kier molecular flexibility index (Phi) is 10.4. The van der Waals surface area contributed by atoms with Crippen molar-refractivity contribution in [1.82, 2.24) is 14.8 Å². The largest absolute Gasteiger partial charge is 0.416 e. The van der Waals surface area contributed by atoms with Gasteiger partial charge in [-0.3, -0.25) is 4.79 Å². The molecule has 4 aromatic rings. The highest BCUT2D eigenvalue weighted by molar-refractivity contribution is 5.92. The van der Waals surface area contributed by atoms with Crippen LogP contribution in [0, 0.1) is 6.92 Å². The topological polar surface area (TPSA) is 77.7 Å². The number of nitrogens with zero attached hydrogens (tertiary/aromatic N) is 2. The van der Waals surface area contributed by atoms with E-state index in [4.69, 9.17) is 4.74 Å². The zero-order valence-electron chi connectivity index (χ0n) is 24.6. The third-order valence-corrected chi connectivity index (χ3v) is 7.19. The summed E-state index contributed by atoms with van der Waals surface area (Å²) in [6, 6.07) is 15.0. The third kappa shape index (κ3) is 9.00. The summed E-state index contributed by atoms with van der Waals surface area (Å²) in [6.45, 7) is 1.73. The maximum atomic E-state index is 13.7. The van der Waals surface area contributed by atoms with Gasteiger partial charge in [-0.25, -0.2) is 4.79 Å². The summed E-state index contributed by atoms with van der Waals surface area (Å²) in [6.07, 6.45) is -7.83. The molecule has 4 rings (SSSR count). The Morgan fingerprint density at radius 1 is 0.867 bits per heavy atom. The fourth-order valence-corrected chi connectivity index (χ4v) is 4.75. The second kappa shape index (κ2) is 14.1. The van der Waals surface area contributed by atoms with E-state index in [0.717, 1.165) is 32.5 Å². The van der Waals surface area contributed by atoms with Gasteiger partial charge in [0.2, 0.25) is 5.91 Å². The molecule has 240 valence electrons. The van der Waals surface area contributed by atoms with E-state index < -0.39 is 47.6 Å². The molecule has 45 heavy (non-hydrogen) atoms. The number of rotatable bonds is 11. The molecular formula is C32H32F6N4O3. The van der Waals surface area contributed by atoms with Crippen LogP contribution >= 0.6 is 0 Å². The molecule has 0 saturated carbocycles. The van der Waals surface area contributed by atoms with Crippen molar-refractivity contribution >= 4 is 28.5 Å². The minimum atomic E-state index is -5.09. The molecule has 2 N–H and O–H groups in total. The lowest BCUT2D eigenvalue weighted by atomic mass is 10.1. The highest BCUT2D eigenvalue weighted by Gasteiger charge is 2.37. The fourth-order valence-electron chi connectivity index (χ4n) is 4.75. The molecule has 1 aromatic heterocycles. The molecule has 0 fully saturated rings. The van der Waals surface area contributed by atoms with E-state index in [1.54, 1.807) is 4.90 Å². The fraction of sp³-hybridized carbons (Fsp3) is 0.312. The van der Waals surface area contributed by atoms with Gasteiger partial charge in [-0.2, -0.15) is 26.3 Å². The molecule has 3 aromatic carbocycles. The van der Waals surface area contributed by atoms with Crippen molar-refractivity contribution in [1.29, 1.82) is 0 Å². The smallest absolute Gasteiger partial charge is 0.383 e. The van der Waals surface area contributed by atoms with Gasteiger partial charge in [-0.15, -0.1) is 0 Å². The second-order valence-electron chi connectivity index (χ2n) is 10.5. The monoisotopic (exact) mass is 634 g/mol. The Bertz CT molecular complexity index is 1580.